The third-order valence-corrected chi connectivity index (χ3v) is 7.66. The van der Waals surface area contributed by atoms with Crippen molar-refractivity contribution >= 4 is 21.6 Å². The van der Waals surface area contributed by atoms with E-state index in [2.05, 4.69) is 10.0 Å². The zero-order valence-electron chi connectivity index (χ0n) is 17.9. The minimum Gasteiger partial charge on any atom is -0.495 e. The van der Waals surface area contributed by atoms with E-state index in [9.17, 15) is 13.2 Å². The first-order valence-corrected chi connectivity index (χ1v) is 12.6. The second kappa shape index (κ2) is 9.30. The van der Waals surface area contributed by atoms with E-state index in [-0.39, 0.29) is 22.5 Å². The van der Waals surface area contributed by atoms with Crippen molar-refractivity contribution in [3.8, 4) is 5.75 Å². The number of amides is 1. The smallest absolute Gasteiger partial charge is 0.265 e. The molecule has 0 heterocycles. The number of rotatable bonds is 6. The van der Waals surface area contributed by atoms with Gasteiger partial charge in [0.2, 0.25) is 0 Å². The van der Waals surface area contributed by atoms with E-state index in [1.807, 2.05) is 6.07 Å². The number of carbonyl (C=O) groups excluding carboxylic acids is 1. The number of methoxy groups -OCH3 is 1. The maximum atomic E-state index is 13.3. The van der Waals surface area contributed by atoms with Gasteiger partial charge >= 0.3 is 0 Å². The number of fused-ring (bicyclic) bond motifs is 1. The topological polar surface area (TPSA) is 84.5 Å². The third kappa shape index (κ3) is 4.87. The molecule has 4 rings (SSSR count). The van der Waals surface area contributed by atoms with Crippen LogP contribution in [-0.2, 0) is 22.9 Å². The first-order chi connectivity index (χ1) is 15.0. The van der Waals surface area contributed by atoms with Crippen LogP contribution in [0.4, 0.5) is 5.69 Å². The Morgan fingerprint density at radius 1 is 0.968 bits per heavy atom. The van der Waals surface area contributed by atoms with E-state index < -0.39 is 10.0 Å². The summed E-state index contributed by atoms with van der Waals surface area (Å²) in [6, 6.07) is 10.4. The molecule has 0 bridgehead atoms. The van der Waals surface area contributed by atoms with E-state index >= 15 is 0 Å². The normalized spacial score (nSPS) is 16.9. The molecule has 0 saturated heterocycles. The van der Waals surface area contributed by atoms with Crippen LogP contribution < -0.4 is 14.8 Å². The summed E-state index contributed by atoms with van der Waals surface area (Å²) in [5, 5.41) is 3.07. The zero-order valence-corrected chi connectivity index (χ0v) is 18.8. The van der Waals surface area contributed by atoms with Crippen LogP contribution in [0.5, 0.6) is 5.75 Å². The molecule has 1 fully saturated rings. The van der Waals surface area contributed by atoms with Gasteiger partial charge in [-0.2, -0.15) is 0 Å². The summed E-state index contributed by atoms with van der Waals surface area (Å²) < 4.78 is 34.7. The zero-order chi connectivity index (χ0) is 21.8. The second-order valence-corrected chi connectivity index (χ2v) is 10.1. The highest BCUT2D eigenvalue weighted by Crippen LogP contribution is 2.33. The van der Waals surface area contributed by atoms with Crippen LogP contribution in [0.25, 0.3) is 0 Å². The van der Waals surface area contributed by atoms with Gasteiger partial charge in [0.25, 0.3) is 15.9 Å². The standard InChI is InChI=1S/C24H30N2O4S/c1-30-22-15-17-9-5-6-10-18(17)16-23(22)31(28,29)26-21-14-8-7-13-20(21)24(27)25-19-11-3-2-4-12-19/h7-8,13-16,19,26H,2-6,9-12H2,1H3,(H,25,27). The lowest BCUT2D eigenvalue weighted by atomic mass is 9.92. The lowest BCUT2D eigenvalue weighted by Crippen LogP contribution is -2.36. The van der Waals surface area contributed by atoms with Crippen molar-refractivity contribution < 1.29 is 17.9 Å². The van der Waals surface area contributed by atoms with Crippen molar-refractivity contribution in [1.29, 1.82) is 0 Å². The molecule has 2 aliphatic carbocycles. The molecule has 2 aromatic rings. The Hall–Kier alpha value is -2.54. The van der Waals surface area contributed by atoms with Crippen molar-refractivity contribution in [2.75, 3.05) is 11.8 Å². The molecule has 0 unspecified atom stereocenters. The van der Waals surface area contributed by atoms with E-state index in [4.69, 9.17) is 4.74 Å². The van der Waals surface area contributed by atoms with Crippen molar-refractivity contribution in [1.82, 2.24) is 5.32 Å². The number of ether oxygens (including phenoxy) is 1. The molecule has 2 aromatic carbocycles. The molecule has 0 atom stereocenters. The highest BCUT2D eigenvalue weighted by Gasteiger charge is 2.25. The molecule has 2 N–H and O–H groups in total. The average molecular weight is 443 g/mol. The van der Waals surface area contributed by atoms with Gasteiger partial charge in [-0.05, 0) is 73.9 Å². The van der Waals surface area contributed by atoms with Crippen molar-refractivity contribution in [3.05, 3.63) is 53.1 Å². The lowest BCUT2D eigenvalue weighted by molar-refractivity contribution is 0.0928. The van der Waals surface area contributed by atoms with Crippen LogP contribution in [0, 0.1) is 0 Å². The van der Waals surface area contributed by atoms with Crippen LogP contribution in [0.1, 0.15) is 66.4 Å². The molecule has 166 valence electrons. The summed E-state index contributed by atoms with van der Waals surface area (Å²) in [7, 11) is -2.45. The summed E-state index contributed by atoms with van der Waals surface area (Å²) in [5.41, 5.74) is 2.80. The molecule has 0 aliphatic heterocycles. The van der Waals surface area contributed by atoms with E-state index in [1.54, 1.807) is 30.3 Å². The van der Waals surface area contributed by atoms with Gasteiger partial charge in [0.1, 0.15) is 10.6 Å². The molecule has 6 nitrogen and oxygen atoms in total. The summed E-state index contributed by atoms with van der Waals surface area (Å²) in [6.07, 6.45) is 9.30. The van der Waals surface area contributed by atoms with Crippen LogP contribution in [0.2, 0.25) is 0 Å². The van der Waals surface area contributed by atoms with Gasteiger partial charge in [-0.15, -0.1) is 0 Å². The van der Waals surface area contributed by atoms with Crippen LogP contribution >= 0.6 is 0 Å². The Labute approximate surface area is 184 Å². The molecule has 1 amide bonds. The first-order valence-electron chi connectivity index (χ1n) is 11.1. The predicted octanol–water partition coefficient (Wildman–Crippen LogP) is 4.44. The van der Waals surface area contributed by atoms with E-state index in [0.717, 1.165) is 62.5 Å². The molecule has 0 aromatic heterocycles. The van der Waals surface area contributed by atoms with Crippen molar-refractivity contribution in [2.45, 2.75) is 68.7 Å². The van der Waals surface area contributed by atoms with Gasteiger partial charge in [0.05, 0.1) is 18.4 Å². The second-order valence-electron chi connectivity index (χ2n) is 8.44. The molecule has 1 saturated carbocycles. The van der Waals surface area contributed by atoms with Gasteiger partial charge in [-0.25, -0.2) is 8.42 Å². The van der Waals surface area contributed by atoms with Gasteiger partial charge in [-0.1, -0.05) is 31.4 Å². The molecular formula is C24H30N2O4S. The average Bonchev–Trinajstić information content (AvgIpc) is 2.79. The molecule has 7 heteroatoms. The summed E-state index contributed by atoms with van der Waals surface area (Å²) >= 11 is 0. The fraction of sp³-hybridized carbons (Fsp3) is 0.458. The summed E-state index contributed by atoms with van der Waals surface area (Å²) in [5.74, 6) is 0.0832. The van der Waals surface area contributed by atoms with Crippen molar-refractivity contribution in [3.63, 3.8) is 0 Å². The Morgan fingerprint density at radius 2 is 1.65 bits per heavy atom. The van der Waals surface area contributed by atoms with Gasteiger partial charge in [-0.3, -0.25) is 9.52 Å². The lowest BCUT2D eigenvalue weighted by Gasteiger charge is -2.23. The quantitative estimate of drug-likeness (QED) is 0.693. The SMILES string of the molecule is COc1cc2c(cc1S(=O)(=O)Nc1ccccc1C(=O)NC1CCCCC1)CCCC2. The van der Waals surface area contributed by atoms with Crippen LogP contribution in [0.15, 0.2) is 41.3 Å². The van der Waals surface area contributed by atoms with Crippen LogP contribution in [-0.4, -0.2) is 27.5 Å². The maximum Gasteiger partial charge on any atom is 0.265 e. The number of nitrogens with one attached hydrogen (secondary N) is 2. The van der Waals surface area contributed by atoms with E-state index in [1.165, 1.54) is 13.5 Å². The number of hydrogen-bond donors (Lipinski definition) is 2. The van der Waals surface area contributed by atoms with Gasteiger partial charge < -0.3 is 10.1 Å². The fourth-order valence-electron chi connectivity index (χ4n) is 4.59. The van der Waals surface area contributed by atoms with Crippen LogP contribution in [0.3, 0.4) is 0 Å². The highest BCUT2D eigenvalue weighted by atomic mass is 32.2. The fourth-order valence-corrected chi connectivity index (χ4v) is 5.87. The highest BCUT2D eigenvalue weighted by molar-refractivity contribution is 7.92. The molecule has 2 aliphatic rings. The number of sulfonamides is 1. The maximum absolute atomic E-state index is 13.3. The Morgan fingerprint density at radius 3 is 2.35 bits per heavy atom. The van der Waals surface area contributed by atoms with Gasteiger partial charge in [0.15, 0.2) is 0 Å². The molecular weight excluding hydrogens is 412 g/mol. The summed E-state index contributed by atoms with van der Waals surface area (Å²) in [4.78, 5) is 13.0. The monoisotopic (exact) mass is 442 g/mol. The number of carbonyl (C=O) groups is 1. The Balaban J connectivity index is 1.61. The van der Waals surface area contributed by atoms with E-state index in [0.29, 0.717) is 11.3 Å². The molecule has 0 spiro atoms. The third-order valence-electron chi connectivity index (χ3n) is 6.27. The number of aryl methyl sites for hydroxylation is 2. The largest absolute Gasteiger partial charge is 0.495 e. The number of para-hydroxylation sites is 1. The number of benzene rings is 2. The molecule has 0 radical (unpaired) electrons. The van der Waals surface area contributed by atoms with Gasteiger partial charge in [0, 0.05) is 6.04 Å². The first kappa shape index (κ1) is 21.7. The number of hydrogen-bond acceptors (Lipinski definition) is 4. The summed E-state index contributed by atoms with van der Waals surface area (Å²) in [6.45, 7) is 0. The molecule has 31 heavy (non-hydrogen) atoms. The Kier molecular flexibility index (Phi) is 6.51. The number of anilines is 1. The predicted molar refractivity (Wildman–Crippen MR) is 121 cm³/mol. The minimum absolute atomic E-state index is 0.109. The minimum atomic E-state index is -3.93. The van der Waals surface area contributed by atoms with Crippen molar-refractivity contribution in [2.24, 2.45) is 0 Å². The Bertz CT molecular complexity index is 1060.